The van der Waals surface area contributed by atoms with Gasteiger partial charge in [-0.1, -0.05) is 25.5 Å². The van der Waals surface area contributed by atoms with Crippen LogP contribution in [0, 0.1) is 0 Å². The summed E-state index contributed by atoms with van der Waals surface area (Å²) >= 11 is 0. The summed E-state index contributed by atoms with van der Waals surface area (Å²) in [6.07, 6.45) is 12.4. The lowest BCUT2D eigenvalue weighted by molar-refractivity contribution is -0.00476. The summed E-state index contributed by atoms with van der Waals surface area (Å²) < 4.78 is 5.76. The molecule has 2 heteroatoms. The molecule has 2 unspecified atom stereocenters. The van der Waals surface area contributed by atoms with Gasteiger partial charge in [0, 0.05) is 18.7 Å². The number of hydrogen-bond donors (Lipinski definition) is 1. The number of ether oxygens (including phenoxy) is 1. The van der Waals surface area contributed by atoms with Gasteiger partial charge >= 0.3 is 0 Å². The minimum Gasteiger partial charge on any atom is -0.378 e. The van der Waals surface area contributed by atoms with Gasteiger partial charge in [-0.2, -0.15) is 0 Å². The van der Waals surface area contributed by atoms with E-state index in [0.29, 0.717) is 18.2 Å². The fraction of sp³-hybridized carbons (Fsp3) is 0.846. The maximum atomic E-state index is 5.76. The van der Waals surface area contributed by atoms with Crippen LogP contribution in [0.4, 0.5) is 0 Å². The van der Waals surface area contributed by atoms with E-state index in [2.05, 4.69) is 24.4 Å². The summed E-state index contributed by atoms with van der Waals surface area (Å²) in [6.45, 7) is 3.18. The molecule has 0 amide bonds. The van der Waals surface area contributed by atoms with E-state index in [1.54, 1.807) is 0 Å². The van der Waals surface area contributed by atoms with Crippen LogP contribution in [0.1, 0.15) is 45.4 Å². The highest BCUT2D eigenvalue weighted by molar-refractivity contribution is 4.98. The van der Waals surface area contributed by atoms with Gasteiger partial charge < -0.3 is 10.1 Å². The molecule has 2 atom stereocenters. The molecule has 2 nitrogen and oxygen atoms in total. The third-order valence-corrected chi connectivity index (χ3v) is 3.46. The van der Waals surface area contributed by atoms with E-state index < -0.39 is 0 Å². The first kappa shape index (κ1) is 11.2. The van der Waals surface area contributed by atoms with Crippen LogP contribution in [0.25, 0.3) is 0 Å². The maximum Gasteiger partial charge on any atom is 0.0589 e. The zero-order valence-electron chi connectivity index (χ0n) is 9.74. The third-order valence-electron chi connectivity index (χ3n) is 3.46. The summed E-state index contributed by atoms with van der Waals surface area (Å²) in [5, 5.41) is 3.76. The van der Waals surface area contributed by atoms with Crippen LogP contribution in [0.3, 0.4) is 0 Å². The van der Waals surface area contributed by atoms with Crippen LogP contribution in [0.15, 0.2) is 12.2 Å². The van der Waals surface area contributed by atoms with Crippen molar-refractivity contribution >= 4 is 0 Å². The Morgan fingerprint density at radius 1 is 1.27 bits per heavy atom. The predicted molar refractivity (Wildman–Crippen MR) is 63.0 cm³/mol. The Morgan fingerprint density at radius 2 is 2.07 bits per heavy atom. The summed E-state index contributed by atoms with van der Waals surface area (Å²) in [4.78, 5) is 0. The SMILES string of the molecule is CCCC1CC(NC2CC=CC2)CCO1. The van der Waals surface area contributed by atoms with Crippen LogP contribution >= 0.6 is 0 Å². The van der Waals surface area contributed by atoms with Crippen LogP contribution in [-0.2, 0) is 4.74 Å². The summed E-state index contributed by atoms with van der Waals surface area (Å²) in [5.41, 5.74) is 0. The second-order valence-corrected chi connectivity index (χ2v) is 4.81. The van der Waals surface area contributed by atoms with E-state index >= 15 is 0 Å². The number of hydrogen-bond acceptors (Lipinski definition) is 2. The van der Waals surface area contributed by atoms with Gasteiger partial charge in [-0.3, -0.25) is 0 Å². The zero-order chi connectivity index (χ0) is 10.5. The highest BCUT2D eigenvalue weighted by atomic mass is 16.5. The Balaban J connectivity index is 1.72. The molecule has 0 bridgehead atoms. The minimum atomic E-state index is 0.510. The van der Waals surface area contributed by atoms with E-state index in [9.17, 15) is 0 Å². The molecular weight excluding hydrogens is 186 g/mol. The molecule has 86 valence electrons. The number of nitrogens with one attached hydrogen (secondary N) is 1. The standard InChI is InChI=1S/C13H23NO/c1-2-5-13-10-12(8-9-15-13)14-11-6-3-4-7-11/h3-4,11-14H,2,5-10H2,1H3. The Kier molecular flexibility index (Phi) is 4.21. The summed E-state index contributed by atoms with van der Waals surface area (Å²) in [6, 6.07) is 1.40. The predicted octanol–water partition coefficient (Wildman–Crippen LogP) is 2.64. The van der Waals surface area contributed by atoms with Gasteiger partial charge in [0.15, 0.2) is 0 Å². The Labute approximate surface area is 93.1 Å². The molecule has 0 radical (unpaired) electrons. The summed E-state index contributed by atoms with van der Waals surface area (Å²) in [5.74, 6) is 0. The molecule has 1 N–H and O–H groups in total. The van der Waals surface area contributed by atoms with Gasteiger partial charge in [0.05, 0.1) is 6.10 Å². The second kappa shape index (κ2) is 5.66. The molecule has 1 aliphatic heterocycles. The van der Waals surface area contributed by atoms with Crippen LogP contribution < -0.4 is 5.32 Å². The van der Waals surface area contributed by atoms with Crippen molar-refractivity contribution in [2.24, 2.45) is 0 Å². The van der Waals surface area contributed by atoms with Crippen molar-refractivity contribution in [1.29, 1.82) is 0 Å². The monoisotopic (exact) mass is 209 g/mol. The first-order chi connectivity index (χ1) is 7.38. The summed E-state index contributed by atoms with van der Waals surface area (Å²) in [7, 11) is 0. The van der Waals surface area contributed by atoms with Crippen molar-refractivity contribution in [2.45, 2.75) is 63.6 Å². The molecule has 15 heavy (non-hydrogen) atoms. The van der Waals surface area contributed by atoms with Crippen molar-refractivity contribution in [3.63, 3.8) is 0 Å². The van der Waals surface area contributed by atoms with Crippen LogP contribution in [0.5, 0.6) is 0 Å². The lowest BCUT2D eigenvalue weighted by Gasteiger charge is -2.32. The molecule has 1 aliphatic carbocycles. The maximum absolute atomic E-state index is 5.76. The third kappa shape index (κ3) is 3.32. The second-order valence-electron chi connectivity index (χ2n) is 4.81. The minimum absolute atomic E-state index is 0.510. The lowest BCUT2D eigenvalue weighted by Crippen LogP contribution is -2.43. The van der Waals surface area contributed by atoms with E-state index in [1.165, 1.54) is 38.5 Å². The van der Waals surface area contributed by atoms with Gasteiger partial charge in [-0.25, -0.2) is 0 Å². The van der Waals surface area contributed by atoms with E-state index in [1.807, 2.05) is 0 Å². The lowest BCUT2D eigenvalue weighted by atomic mass is 9.99. The molecule has 0 spiro atoms. The quantitative estimate of drug-likeness (QED) is 0.719. The fourth-order valence-corrected chi connectivity index (χ4v) is 2.64. The van der Waals surface area contributed by atoms with E-state index in [4.69, 9.17) is 4.74 Å². The van der Waals surface area contributed by atoms with E-state index in [-0.39, 0.29) is 0 Å². The average molecular weight is 209 g/mol. The zero-order valence-corrected chi connectivity index (χ0v) is 9.74. The topological polar surface area (TPSA) is 21.3 Å². The molecule has 1 fully saturated rings. The molecule has 0 aromatic heterocycles. The molecule has 0 saturated carbocycles. The smallest absolute Gasteiger partial charge is 0.0589 e. The highest BCUT2D eigenvalue weighted by Crippen LogP contribution is 2.20. The molecule has 1 heterocycles. The highest BCUT2D eigenvalue weighted by Gasteiger charge is 2.24. The van der Waals surface area contributed by atoms with Crippen molar-refractivity contribution in [3.8, 4) is 0 Å². The molecular formula is C13H23NO. The van der Waals surface area contributed by atoms with Gasteiger partial charge in [-0.15, -0.1) is 0 Å². The Bertz CT molecular complexity index is 205. The van der Waals surface area contributed by atoms with Crippen LogP contribution in [-0.4, -0.2) is 24.8 Å². The van der Waals surface area contributed by atoms with Gasteiger partial charge in [-0.05, 0) is 32.1 Å². The molecule has 0 aromatic rings. The van der Waals surface area contributed by atoms with Gasteiger partial charge in [0.1, 0.15) is 0 Å². The molecule has 1 saturated heterocycles. The first-order valence-corrected chi connectivity index (χ1v) is 6.41. The molecule has 2 aliphatic rings. The van der Waals surface area contributed by atoms with Crippen LogP contribution in [0.2, 0.25) is 0 Å². The first-order valence-electron chi connectivity index (χ1n) is 6.41. The normalized spacial score (nSPS) is 32.3. The molecule has 2 rings (SSSR count). The van der Waals surface area contributed by atoms with Crippen molar-refractivity contribution in [3.05, 3.63) is 12.2 Å². The largest absolute Gasteiger partial charge is 0.378 e. The van der Waals surface area contributed by atoms with Crippen molar-refractivity contribution in [1.82, 2.24) is 5.32 Å². The Morgan fingerprint density at radius 3 is 2.80 bits per heavy atom. The Hall–Kier alpha value is -0.340. The average Bonchev–Trinajstić information content (AvgIpc) is 2.71. The van der Waals surface area contributed by atoms with Gasteiger partial charge in [0.25, 0.3) is 0 Å². The van der Waals surface area contributed by atoms with Crippen molar-refractivity contribution in [2.75, 3.05) is 6.61 Å². The van der Waals surface area contributed by atoms with E-state index in [0.717, 1.165) is 6.61 Å². The molecule has 0 aromatic carbocycles. The fourth-order valence-electron chi connectivity index (χ4n) is 2.64. The number of rotatable bonds is 4. The van der Waals surface area contributed by atoms with Gasteiger partial charge in [0.2, 0.25) is 0 Å². The van der Waals surface area contributed by atoms with Crippen molar-refractivity contribution < 1.29 is 4.74 Å².